The van der Waals surface area contributed by atoms with E-state index in [2.05, 4.69) is 4.74 Å². The van der Waals surface area contributed by atoms with E-state index in [1.807, 2.05) is 0 Å². The molecule has 0 radical (unpaired) electrons. The minimum absolute atomic E-state index is 0.0479. The fourth-order valence-electron chi connectivity index (χ4n) is 2.05. The molecule has 2 rings (SSSR count). The largest absolute Gasteiger partial charge is 0.573 e. The molecule has 0 aliphatic rings. The minimum atomic E-state index is -4.88. The second kappa shape index (κ2) is 6.82. The number of alkyl halides is 3. The van der Waals surface area contributed by atoms with Gasteiger partial charge in [0.1, 0.15) is 0 Å². The fourth-order valence-corrected chi connectivity index (χ4v) is 2.05. The zero-order valence-corrected chi connectivity index (χ0v) is 13.1. The van der Waals surface area contributed by atoms with Gasteiger partial charge in [-0.1, -0.05) is 30.3 Å². The van der Waals surface area contributed by atoms with Crippen LogP contribution in [0.3, 0.4) is 0 Å². The average Bonchev–Trinajstić information content (AvgIpc) is 2.49. The highest BCUT2D eigenvalue weighted by Gasteiger charge is 2.32. The molecular weight excluding hydrogens is 323 g/mol. The van der Waals surface area contributed by atoms with Crippen molar-refractivity contribution in [1.29, 1.82) is 0 Å². The van der Waals surface area contributed by atoms with E-state index in [1.54, 1.807) is 38.4 Å². The van der Waals surface area contributed by atoms with E-state index in [0.717, 1.165) is 17.7 Å². The summed E-state index contributed by atoms with van der Waals surface area (Å²) >= 11 is 0. The van der Waals surface area contributed by atoms with Gasteiger partial charge in [0, 0.05) is 14.1 Å². The number of amides is 1. The molecule has 0 aliphatic carbocycles. The molecule has 0 atom stereocenters. The molecule has 2 aromatic carbocycles. The zero-order valence-electron chi connectivity index (χ0n) is 13.1. The van der Waals surface area contributed by atoms with Crippen LogP contribution in [-0.2, 0) is 11.2 Å². The molecule has 24 heavy (non-hydrogen) atoms. The first-order valence-electron chi connectivity index (χ1n) is 7.04. The summed E-state index contributed by atoms with van der Waals surface area (Å²) in [7, 11) is 3.32. The summed E-state index contributed by atoms with van der Waals surface area (Å²) in [6.07, 6.45) is -4.64. The van der Waals surface area contributed by atoms with Crippen LogP contribution in [0.2, 0.25) is 0 Å². The maximum Gasteiger partial charge on any atom is 0.573 e. The lowest BCUT2D eigenvalue weighted by atomic mass is 10.0. The van der Waals surface area contributed by atoms with E-state index in [-0.39, 0.29) is 12.3 Å². The van der Waals surface area contributed by atoms with E-state index in [9.17, 15) is 23.1 Å². The van der Waals surface area contributed by atoms with Crippen LogP contribution < -0.4 is 4.74 Å². The number of carbonyl (C=O) groups is 1. The number of likely N-dealkylation sites (N-methyl/N-ethyl adjacent to an activating group) is 1. The molecule has 0 bridgehead atoms. The number of nitrogens with zero attached hydrogens (tertiary/aromatic N) is 1. The Bertz CT molecular complexity index is 725. The van der Waals surface area contributed by atoms with Gasteiger partial charge in [-0.2, -0.15) is 0 Å². The first-order chi connectivity index (χ1) is 11.2. The van der Waals surface area contributed by atoms with E-state index < -0.39 is 17.9 Å². The van der Waals surface area contributed by atoms with Crippen LogP contribution in [0, 0.1) is 0 Å². The molecule has 0 saturated carbocycles. The van der Waals surface area contributed by atoms with Crippen LogP contribution in [-0.4, -0.2) is 36.4 Å². The molecule has 1 amide bonds. The lowest BCUT2D eigenvalue weighted by Crippen LogP contribution is -2.23. The van der Waals surface area contributed by atoms with Crippen molar-refractivity contribution in [3.8, 4) is 22.6 Å². The number of rotatable bonds is 4. The Morgan fingerprint density at radius 1 is 1.08 bits per heavy atom. The van der Waals surface area contributed by atoms with Crippen molar-refractivity contribution in [2.75, 3.05) is 14.1 Å². The van der Waals surface area contributed by atoms with Gasteiger partial charge in [-0.3, -0.25) is 4.79 Å². The van der Waals surface area contributed by atoms with E-state index in [0.29, 0.717) is 11.1 Å². The van der Waals surface area contributed by atoms with Gasteiger partial charge in [0.25, 0.3) is 0 Å². The van der Waals surface area contributed by atoms with E-state index >= 15 is 0 Å². The average molecular weight is 339 g/mol. The number of hydrogen-bond acceptors (Lipinski definition) is 3. The molecule has 4 nitrogen and oxygen atoms in total. The normalized spacial score (nSPS) is 11.2. The molecule has 7 heteroatoms. The first-order valence-corrected chi connectivity index (χ1v) is 7.04. The highest BCUT2D eigenvalue weighted by molar-refractivity contribution is 5.78. The van der Waals surface area contributed by atoms with Crippen molar-refractivity contribution in [1.82, 2.24) is 4.90 Å². The van der Waals surface area contributed by atoms with Crippen LogP contribution in [0.1, 0.15) is 5.56 Å². The van der Waals surface area contributed by atoms with E-state index in [1.165, 1.54) is 11.0 Å². The number of ether oxygens (including phenoxy) is 1. The Kier molecular flexibility index (Phi) is 5.02. The third kappa shape index (κ3) is 4.65. The molecular formula is C17H16F3NO3. The summed E-state index contributed by atoms with van der Waals surface area (Å²) in [5, 5.41) is 9.47. The second-order valence-corrected chi connectivity index (χ2v) is 5.39. The molecule has 0 fully saturated rings. The standard InChI is InChI=1S/C17H16F3NO3/c1-21(2)16(23)9-11-3-5-12(6-4-11)13-7-8-14(22)15(10-13)24-17(18,19)20/h3-8,10,22H,9H2,1-2H3. The van der Waals surface area contributed by atoms with Crippen LogP contribution in [0.5, 0.6) is 11.5 Å². The Morgan fingerprint density at radius 2 is 1.67 bits per heavy atom. The number of phenolic OH excluding ortho intramolecular Hbond substituents is 1. The minimum Gasteiger partial charge on any atom is -0.504 e. The van der Waals surface area contributed by atoms with E-state index in [4.69, 9.17) is 0 Å². The lowest BCUT2D eigenvalue weighted by Gasteiger charge is -2.12. The fraction of sp³-hybridized carbons (Fsp3) is 0.235. The third-order valence-corrected chi connectivity index (χ3v) is 3.33. The van der Waals surface area contributed by atoms with Crippen molar-refractivity contribution in [3.05, 3.63) is 48.0 Å². The van der Waals surface area contributed by atoms with Crippen LogP contribution in [0.4, 0.5) is 13.2 Å². The maximum absolute atomic E-state index is 12.3. The van der Waals surface area contributed by atoms with Crippen molar-refractivity contribution in [2.24, 2.45) is 0 Å². The van der Waals surface area contributed by atoms with Crippen LogP contribution >= 0.6 is 0 Å². The van der Waals surface area contributed by atoms with Crippen molar-refractivity contribution < 1.29 is 27.8 Å². The Morgan fingerprint density at radius 3 is 2.21 bits per heavy atom. The Hall–Kier alpha value is -2.70. The van der Waals surface area contributed by atoms with Crippen LogP contribution in [0.25, 0.3) is 11.1 Å². The van der Waals surface area contributed by atoms with Gasteiger partial charge in [0.2, 0.25) is 5.91 Å². The summed E-state index contributed by atoms with van der Waals surface area (Å²) in [6, 6.07) is 10.6. The second-order valence-electron chi connectivity index (χ2n) is 5.39. The van der Waals surface area contributed by atoms with Gasteiger partial charge < -0.3 is 14.7 Å². The smallest absolute Gasteiger partial charge is 0.504 e. The summed E-state index contributed by atoms with van der Waals surface area (Å²) in [5.41, 5.74) is 1.89. The predicted molar refractivity (Wildman–Crippen MR) is 82.6 cm³/mol. The Balaban J connectivity index is 2.23. The van der Waals surface area contributed by atoms with Gasteiger partial charge in [0.15, 0.2) is 11.5 Å². The summed E-state index contributed by atoms with van der Waals surface area (Å²) in [4.78, 5) is 13.1. The molecule has 0 unspecified atom stereocenters. The molecule has 0 spiro atoms. The Labute approximate surface area is 137 Å². The van der Waals surface area contributed by atoms with Crippen molar-refractivity contribution in [3.63, 3.8) is 0 Å². The SMILES string of the molecule is CN(C)C(=O)Cc1ccc(-c2ccc(O)c(OC(F)(F)F)c2)cc1. The number of phenols is 1. The monoisotopic (exact) mass is 339 g/mol. The van der Waals surface area contributed by atoms with Gasteiger partial charge in [-0.15, -0.1) is 13.2 Å². The zero-order chi connectivity index (χ0) is 17.9. The maximum atomic E-state index is 12.3. The van der Waals surface area contributed by atoms with Crippen LogP contribution in [0.15, 0.2) is 42.5 Å². The first kappa shape index (κ1) is 17.7. The summed E-state index contributed by atoms with van der Waals surface area (Å²) < 4.78 is 40.8. The topological polar surface area (TPSA) is 49.8 Å². The van der Waals surface area contributed by atoms with Gasteiger partial charge in [-0.05, 0) is 28.8 Å². The van der Waals surface area contributed by atoms with Gasteiger partial charge in [0.05, 0.1) is 6.42 Å². The number of benzene rings is 2. The number of halogens is 3. The van der Waals surface area contributed by atoms with Gasteiger partial charge >= 0.3 is 6.36 Å². The lowest BCUT2D eigenvalue weighted by molar-refractivity contribution is -0.275. The molecule has 0 heterocycles. The molecule has 2 aromatic rings. The predicted octanol–water partition coefficient (Wildman–Crippen LogP) is 3.59. The molecule has 0 aromatic heterocycles. The van der Waals surface area contributed by atoms with Crippen molar-refractivity contribution in [2.45, 2.75) is 12.8 Å². The van der Waals surface area contributed by atoms with Gasteiger partial charge in [-0.25, -0.2) is 0 Å². The quantitative estimate of drug-likeness (QED) is 0.926. The molecule has 128 valence electrons. The molecule has 0 aliphatic heterocycles. The number of hydrogen-bond donors (Lipinski definition) is 1. The summed E-state index contributed by atoms with van der Waals surface area (Å²) in [5.74, 6) is -1.30. The molecule has 1 N–H and O–H groups in total. The third-order valence-electron chi connectivity index (χ3n) is 3.33. The summed E-state index contributed by atoms with van der Waals surface area (Å²) in [6.45, 7) is 0. The van der Waals surface area contributed by atoms with Crippen molar-refractivity contribution >= 4 is 5.91 Å². The highest BCUT2D eigenvalue weighted by Crippen LogP contribution is 2.35. The number of aromatic hydroxyl groups is 1. The number of carbonyl (C=O) groups excluding carboxylic acids is 1. The molecule has 0 saturated heterocycles. The highest BCUT2D eigenvalue weighted by atomic mass is 19.4.